The van der Waals surface area contributed by atoms with Gasteiger partial charge in [-0.3, -0.25) is 4.79 Å². The van der Waals surface area contributed by atoms with Gasteiger partial charge in [0, 0.05) is 16.5 Å². The van der Waals surface area contributed by atoms with Gasteiger partial charge in [-0.05, 0) is 35.7 Å². The molecule has 0 spiro atoms. The second-order valence-corrected chi connectivity index (χ2v) is 8.00. The SMILES string of the molecule is CC(C(=O)N[C@H](Cc1ccc(Cl)cc1Cl)C(=O)O)(c1ccccc1)c1ccccc1. The average molecular weight is 442 g/mol. The summed E-state index contributed by atoms with van der Waals surface area (Å²) in [6.07, 6.45) is 0.0384. The van der Waals surface area contributed by atoms with Gasteiger partial charge in [-0.25, -0.2) is 4.79 Å². The van der Waals surface area contributed by atoms with Crippen molar-refractivity contribution in [2.75, 3.05) is 0 Å². The number of nitrogens with one attached hydrogen (secondary N) is 1. The van der Waals surface area contributed by atoms with E-state index in [1.807, 2.05) is 60.7 Å². The Hall–Kier alpha value is -2.82. The Labute approximate surface area is 185 Å². The molecular formula is C24H21Cl2NO3. The first kappa shape index (κ1) is 21.9. The molecule has 0 saturated heterocycles. The van der Waals surface area contributed by atoms with Crippen LogP contribution in [0.4, 0.5) is 0 Å². The van der Waals surface area contributed by atoms with Crippen LogP contribution in [0.15, 0.2) is 78.9 Å². The fraction of sp³-hybridized carbons (Fsp3) is 0.167. The van der Waals surface area contributed by atoms with Crippen molar-refractivity contribution in [3.63, 3.8) is 0 Å². The van der Waals surface area contributed by atoms with Gasteiger partial charge >= 0.3 is 5.97 Å². The van der Waals surface area contributed by atoms with Crippen molar-refractivity contribution in [2.45, 2.75) is 24.8 Å². The van der Waals surface area contributed by atoms with E-state index in [-0.39, 0.29) is 6.42 Å². The zero-order valence-electron chi connectivity index (χ0n) is 16.3. The smallest absolute Gasteiger partial charge is 0.326 e. The average Bonchev–Trinajstić information content (AvgIpc) is 2.75. The van der Waals surface area contributed by atoms with Crippen LogP contribution >= 0.6 is 23.2 Å². The molecule has 3 aromatic carbocycles. The van der Waals surface area contributed by atoms with Crippen LogP contribution in [-0.2, 0) is 21.4 Å². The largest absolute Gasteiger partial charge is 0.480 e. The van der Waals surface area contributed by atoms with Crippen LogP contribution in [0, 0.1) is 0 Å². The number of benzene rings is 3. The normalized spacial score (nSPS) is 12.2. The summed E-state index contributed by atoms with van der Waals surface area (Å²) in [6.45, 7) is 1.79. The number of hydrogen-bond acceptors (Lipinski definition) is 2. The molecule has 3 aromatic rings. The van der Waals surface area contributed by atoms with Crippen LogP contribution in [0.2, 0.25) is 10.0 Å². The summed E-state index contributed by atoms with van der Waals surface area (Å²) in [4.78, 5) is 25.4. The molecule has 0 aliphatic heterocycles. The topological polar surface area (TPSA) is 66.4 Å². The highest BCUT2D eigenvalue weighted by atomic mass is 35.5. The standard InChI is InChI=1S/C24H21Cl2NO3/c1-24(17-8-4-2-5-9-17,18-10-6-3-7-11-18)23(30)27-21(22(28)29)14-16-12-13-19(25)15-20(16)26/h2-13,15,21H,14H2,1H3,(H,27,30)(H,28,29)/t21-/m1/s1. The zero-order chi connectivity index (χ0) is 21.7. The van der Waals surface area contributed by atoms with E-state index in [4.69, 9.17) is 23.2 Å². The summed E-state index contributed by atoms with van der Waals surface area (Å²) in [7, 11) is 0. The predicted molar refractivity (Wildman–Crippen MR) is 119 cm³/mol. The summed E-state index contributed by atoms with van der Waals surface area (Å²) < 4.78 is 0. The van der Waals surface area contributed by atoms with Crippen LogP contribution in [0.25, 0.3) is 0 Å². The number of carbonyl (C=O) groups is 2. The molecule has 4 nitrogen and oxygen atoms in total. The number of halogens is 2. The lowest BCUT2D eigenvalue weighted by atomic mass is 9.75. The molecule has 0 heterocycles. The quantitative estimate of drug-likeness (QED) is 0.535. The summed E-state index contributed by atoms with van der Waals surface area (Å²) in [6, 6.07) is 22.3. The third kappa shape index (κ3) is 4.66. The third-order valence-corrected chi connectivity index (χ3v) is 5.79. The number of carboxylic acids is 1. The molecule has 0 aliphatic rings. The van der Waals surface area contributed by atoms with E-state index >= 15 is 0 Å². The molecule has 0 aromatic heterocycles. The summed E-state index contributed by atoms with van der Waals surface area (Å²) in [5, 5.41) is 13.3. The highest BCUT2D eigenvalue weighted by molar-refractivity contribution is 6.35. The van der Waals surface area contributed by atoms with Crippen molar-refractivity contribution in [3.8, 4) is 0 Å². The van der Waals surface area contributed by atoms with Gasteiger partial charge in [-0.15, -0.1) is 0 Å². The van der Waals surface area contributed by atoms with Gasteiger partial charge in [0.05, 0.1) is 5.41 Å². The first-order valence-corrected chi connectivity index (χ1v) is 10.2. The number of carboxylic acid groups (broad SMARTS) is 1. The highest BCUT2D eigenvalue weighted by Gasteiger charge is 2.39. The molecule has 1 atom stereocenters. The molecule has 1 amide bonds. The Morgan fingerprint density at radius 1 is 0.933 bits per heavy atom. The number of amides is 1. The summed E-state index contributed by atoms with van der Waals surface area (Å²) in [5.74, 6) is -1.55. The van der Waals surface area contributed by atoms with Crippen molar-refractivity contribution >= 4 is 35.1 Å². The van der Waals surface area contributed by atoms with Crippen LogP contribution in [-0.4, -0.2) is 23.0 Å². The van der Waals surface area contributed by atoms with Crippen LogP contribution < -0.4 is 5.32 Å². The number of carbonyl (C=O) groups excluding carboxylic acids is 1. The fourth-order valence-corrected chi connectivity index (χ4v) is 3.87. The minimum Gasteiger partial charge on any atom is -0.480 e. The molecule has 30 heavy (non-hydrogen) atoms. The van der Waals surface area contributed by atoms with E-state index < -0.39 is 23.3 Å². The molecule has 154 valence electrons. The van der Waals surface area contributed by atoms with Gasteiger partial charge in [0.25, 0.3) is 0 Å². The fourth-order valence-electron chi connectivity index (χ4n) is 3.38. The van der Waals surface area contributed by atoms with Crippen molar-refractivity contribution < 1.29 is 14.7 Å². The lowest BCUT2D eigenvalue weighted by molar-refractivity contribution is -0.142. The molecular weight excluding hydrogens is 421 g/mol. The Balaban J connectivity index is 1.94. The maximum atomic E-state index is 13.5. The van der Waals surface area contributed by atoms with Crippen LogP contribution in [0.3, 0.4) is 0 Å². The van der Waals surface area contributed by atoms with Gasteiger partial charge < -0.3 is 10.4 Å². The molecule has 0 unspecified atom stereocenters. The second kappa shape index (κ2) is 9.33. The van der Waals surface area contributed by atoms with Crippen molar-refractivity contribution in [1.82, 2.24) is 5.32 Å². The molecule has 3 rings (SSSR count). The third-order valence-electron chi connectivity index (χ3n) is 5.20. The van der Waals surface area contributed by atoms with Crippen LogP contribution in [0.1, 0.15) is 23.6 Å². The van der Waals surface area contributed by atoms with E-state index in [1.54, 1.807) is 25.1 Å². The van der Waals surface area contributed by atoms with Gasteiger partial charge in [-0.1, -0.05) is 89.9 Å². The van der Waals surface area contributed by atoms with Gasteiger partial charge in [0.1, 0.15) is 6.04 Å². The first-order chi connectivity index (χ1) is 14.3. The maximum Gasteiger partial charge on any atom is 0.326 e. The van der Waals surface area contributed by atoms with E-state index in [9.17, 15) is 14.7 Å². The molecule has 0 saturated carbocycles. The Morgan fingerprint density at radius 3 is 1.93 bits per heavy atom. The lowest BCUT2D eigenvalue weighted by Crippen LogP contribution is -2.50. The summed E-state index contributed by atoms with van der Waals surface area (Å²) in [5.41, 5.74) is 1.06. The molecule has 6 heteroatoms. The lowest BCUT2D eigenvalue weighted by Gasteiger charge is -2.31. The van der Waals surface area contributed by atoms with E-state index in [2.05, 4.69) is 5.32 Å². The number of aliphatic carboxylic acids is 1. The first-order valence-electron chi connectivity index (χ1n) is 9.41. The molecule has 0 bridgehead atoms. The van der Waals surface area contributed by atoms with Crippen LogP contribution in [0.5, 0.6) is 0 Å². The number of hydrogen-bond donors (Lipinski definition) is 2. The maximum absolute atomic E-state index is 13.5. The molecule has 0 radical (unpaired) electrons. The summed E-state index contributed by atoms with van der Waals surface area (Å²) >= 11 is 12.1. The monoisotopic (exact) mass is 441 g/mol. The van der Waals surface area contributed by atoms with E-state index in [0.29, 0.717) is 15.6 Å². The van der Waals surface area contributed by atoms with E-state index in [0.717, 1.165) is 11.1 Å². The Kier molecular flexibility index (Phi) is 6.80. The van der Waals surface area contributed by atoms with Gasteiger partial charge in [0.2, 0.25) is 5.91 Å². The Bertz CT molecular complexity index is 999. The second-order valence-electron chi connectivity index (χ2n) is 7.16. The minimum atomic E-state index is -1.15. The molecule has 0 aliphatic carbocycles. The Morgan fingerprint density at radius 2 is 1.47 bits per heavy atom. The van der Waals surface area contributed by atoms with Gasteiger partial charge in [-0.2, -0.15) is 0 Å². The number of rotatable bonds is 7. The zero-order valence-corrected chi connectivity index (χ0v) is 17.8. The predicted octanol–water partition coefficient (Wildman–Crippen LogP) is 5.11. The van der Waals surface area contributed by atoms with Crippen molar-refractivity contribution in [3.05, 3.63) is 106 Å². The van der Waals surface area contributed by atoms with Crippen molar-refractivity contribution in [2.24, 2.45) is 0 Å². The molecule has 2 N–H and O–H groups in total. The van der Waals surface area contributed by atoms with Crippen molar-refractivity contribution in [1.29, 1.82) is 0 Å². The van der Waals surface area contributed by atoms with E-state index in [1.165, 1.54) is 0 Å². The highest BCUT2D eigenvalue weighted by Crippen LogP contribution is 2.32. The minimum absolute atomic E-state index is 0.0384. The van der Waals surface area contributed by atoms with Gasteiger partial charge in [0.15, 0.2) is 0 Å². The molecule has 0 fully saturated rings.